The van der Waals surface area contributed by atoms with E-state index in [0.29, 0.717) is 34.0 Å². The van der Waals surface area contributed by atoms with E-state index in [1.54, 1.807) is 13.2 Å². The van der Waals surface area contributed by atoms with E-state index in [0.717, 1.165) is 78.2 Å². The van der Waals surface area contributed by atoms with Gasteiger partial charge in [-0.3, -0.25) is 14.4 Å². The van der Waals surface area contributed by atoms with Gasteiger partial charge >= 0.3 is 0 Å². The van der Waals surface area contributed by atoms with E-state index in [1.807, 2.05) is 54.3 Å². The summed E-state index contributed by atoms with van der Waals surface area (Å²) in [5.41, 5.74) is 7.02. The molecule has 2 aromatic heterocycles. The minimum atomic E-state index is -0.0665. The van der Waals surface area contributed by atoms with Gasteiger partial charge < -0.3 is 20.3 Å². The molecule has 1 saturated heterocycles. The van der Waals surface area contributed by atoms with Crippen molar-refractivity contribution in [1.82, 2.24) is 34.9 Å². The molecule has 1 amide bonds. The first-order valence-electron chi connectivity index (χ1n) is 17.8. The number of fused-ring (bicyclic) bond motifs is 3. The lowest BCUT2D eigenvalue weighted by Crippen LogP contribution is -2.52. The number of benzene rings is 2. The number of methoxy groups -OCH3 is 1. The number of nitrogens with one attached hydrogen (secondary N) is 2. The van der Waals surface area contributed by atoms with E-state index in [9.17, 15) is 4.79 Å². The zero-order valence-electron chi connectivity index (χ0n) is 28.4. The van der Waals surface area contributed by atoms with Crippen LogP contribution in [0.15, 0.2) is 48.7 Å². The molecule has 1 aliphatic heterocycles. The van der Waals surface area contributed by atoms with Gasteiger partial charge in [-0.15, -0.1) is 0 Å². The second kappa shape index (κ2) is 13.7. The number of carbonyl (C=O) groups is 1. The molecule has 11 heteroatoms. The van der Waals surface area contributed by atoms with Gasteiger partial charge in [0, 0.05) is 79.8 Å². The van der Waals surface area contributed by atoms with Crippen LogP contribution < -0.4 is 15.4 Å². The Kier molecular flexibility index (Phi) is 9.03. The van der Waals surface area contributed by atoms with Crippen LogP contribution in [-0.2, 0) is 19.9 Å². The van der Waals surface area contributed by atoms with Crippen molar-refractivity contribution in [1.29, 1.82) is 0 Å². The van der Waals surface area contributed by atoms with Crippen molar-refractivity contribution >= 4 is 29.1 Å². The summed E-state index contributed by atoms with van der Waals surface area (Å²) in [6.45, 7) is 6.07. The van der Waals surface area contributed by atoms with Crippen LogP contribution in [0.5, 0.6) is 5.75 Å². The summed E-state index contributed by atoms with van der Waals surface area (Å²) in [4.78, 5) is 28.3. The van der Waals surface area contributed by atoms with Gasteiger partial charge in [-0.2, -0.15) is 5.10 Å². The number of ether oxygens (including phenoxy) is 1. The molecule has 3 fully saturated rings. The molecule has 0 atom stereocenters. The maximum absolute atomic E-state index is 13.4. The maximum Gasteiger partial charge on any atom is 0.251 e. The lowest BCUT2D eigenvalue weighted by atomic mass is 9.89. The molecule has 2 aromatic carbocycles. The van der Waals surface area contributed by atoms with Crippen LogP contribution in [-0.4, -0.2) is 87.4 Å². The van der Waals surface area contributed by atoms with E-state index in [-0.39, 0.29) is 11.9 Å². The van der Waals surface area contributed by atoms with Crippen molar-refractivity contribution in [3.63, 3.8) is 0 Å². The SMILES string of the molecule is COc1cc(C(=O)NC2CCC(N3CCN(CC4CC4)CC3)CC2)ccc1Nc1ncc2c(n1)-c1c(nn(C)c1-c1ccccc1Cl)CC2. The highest BCUT2D eigenvalue weighted by Gasteiger charge is 2.32. The second-order valence-corrected chi connectivity index (χ2v) is 14.5. The zero-order valence-corrected chi connectivity index (χ0v) is 29.2. The summed E-state index contributed by atoms with van der Waals surface area (Å²) in [5, 5.41) is 12.1. The molecule has 0 spiro atoms. The molecular formula is C38H45ClN8O2. The third-order valence-electron chi connectivity index (χ3n) is 10.9. The molecule has 8 rings (SSSR count). The van der Waals surface area contributed by atoms with E-state index in [4.69, 9.17) is 26.4 Å². The molecule has 3 heterocycles. The lowest BCUT2D eigenvalue weighted by Gasteiger charge is -2.42. The first kappa shape index (κ1) is 32.2. The van der Waals surface area contributed by atoms with Crippen LogP contribution >= 0.6 is 11.6 Å². The van der Waals surface area contributed by atoms with E-state index < -0.39 is 0 Å². The molecule has 2 saturated carbocycles. The van der Waals surface area contributed by atoms with Crippen molar-refractivity contribution in [2.24, 2.45) is 13.0 Å². The van der Waals surface area contributed by atoms with E-state index in [1.165, 1.54) is 45.6 Å². The van der Waals surface area contributed by atoms with Crippen LogP contribution in [0.1, 0.15) is 60.1 Å². The van der Waals surface area contributed by atoms with Gasteiger partial charge in [-0.1, -0.05) is 29.8 Å². The van der Waals surface area contributed by atoms with Crippen molar-refractivity contribution in [2.75, 3.05) is 45.2 Å². The fourth-order valence-corrected chi connectivity index (χ4v) is 8.20. The molecular weight excluding hydrogens is 636 g/mol. The maximum atomic E-state index is 13.4. The fourth-order valence-electron chi connectivity index (χ4n) is 7.97. The highest BCUT2D eigenvalue weighted by molar-refractivity contribution is 6.33. The number of aromatic nitrogens is 4. The minimum Gasteiger partial charge on any atom is -0.495 e. The van der Waals surface area contributed by atoms with Gasteiger partial charge in [-0.05, 0) is 87.1 Å². The predicted octanol–water partition coefficient (Wildman–Crippen LogP) is 6.12. The van der Waals surface area contributed by atoms with Gasteiger partial charge in [-0.25, -0.2) is 9.97 Å². The normalized spacial score (nSPS) is 21.1. The summed E-state index contributed by atoms with van der Waals surface area (Å²) in [6, 6.07) is 14.1. The molecule has 0 radical (unpaired) electrons. The summed E-state index contributed by atoms with van der Waals surface area (Å²) >= 11 is 6.64. The number of halogens is 1. The van der Waals surface area contributed by atoms with Crippen LogP contribution in [0.2, 0.25) is 5.02 Å². The molecule has 256 valence electrons. The monoisotopic (exact) mass is 680 g/mol. The predicted molar refractivity (Wildman–Crippen MR) is 193 cm³/mol. The first-order chi connectivity index (χ1) is 23.9. The molecule has 2 N–H and O–H groups in total. The summed E-state index contributed by atoms with van der Waals surface area (Å²) in [7, 11) is 3.56. The largest absolute Gasteiger partial charge is 0.495 e. The molecule has 0 bridgehead atoms. The Bertz CT molecular complexity index is 1840. The summed E-state index contributed by atoms with van der Waals surface area (Å²) < 4.78 is 7.63. The highest BCUT2D eigenvalue weighted by Crippen LogP contribution is 2.42. The number of nitrogens with zero attached hydrogens (tertiary/aromatic N) is 6. The van der Waals surface area contributed by atoms with Crippen LogP contribution in [0.4, 0.5) is 11.6 Å². The first-order valence-corrected chi connectivity index (χ1v) is 18.2. The number of aryl methyl sites for hydroxylation is 3. The van der Waals surface area contributed by atoms with Gasteiger partial charge in [0.15, 0.2) is 0 Å². The van der Waals surface area contributed by atoms with E-state index >= 15 is 0 Å². The Hall–Kier alpha value is -3.99. The van der Waals surface area contributed by atoms with Gasteiger partial charge in [0.05, 0.1) is 29.9 Å². The third-order valence-corrected chi connectivity index (χ3v) is 11.2. The van der Waals surface area contributed by atoms with Crippen molar-refractivity contribution in [3.05, 3.63) is 70.5 Å². The number of hydrogen-bond acceptors (Lipinski definition) is 8. The van der Waals surface area contributed by atoms with Crippen LogP contribution in [0.25, 0.3) is 22.5 Å². The average molecular weight is 681 g/mol. The standard InChI is InChI=1S/C38H45ClN8O2/c1-45-36(29-5-3-4-6-30(29)39)34-32(44-45)16-10-26-22-40-38(43-35(26)34)42-31-15-9-25(21-33(31)49-2)37(48)41-27-11-13-28(14-12-27)47-19-17-46(18-20-47)23-24-7-8-24/h3-6,9,15,21-22,24,27-28H,7-8,10-14,16-20,23H2,1-2H3,(H,41,48)(H,40,42,43). The molecule has 4 aliphatic rings. The number of piperazine rings is 1. The Morgan fingerprint density at radius 1 is 1.00 bits per heavy atom. The summed E-state index contributed by atoms with van der Waals surface area (Å²) in [5.74, 6) is 1.89. The number of hydrogen-bond donors (Lipinski definition) is 2. The number of amides is 1. The Labute approximate surface area is 293 Å². The number of rotatable bonds is 9. The molecule has 0 unspecified atom stereocenters. The molecule has 10 nitrogen and oxygen atoms in total. The Morgan fingerprint density at radius 3 is 2.55 bits per heavy atom. The van der Waals surface area contributed by atoms with Gasteiger partial charge in [0.25, 0.3) is 5.91 Å². The molecule has 3 aliphatic carbocycles. The second-order valence-electron chi connectivity index (χ2n) is 14.1. The Morgan fingerprint density at radius 2 is 1.80 bits per heavy atom. The lowest BCUT2D eigenvalue weighted by molar-refractivity contribution is 0.0694. The third kappa shape index (κ3) is 6.78. The van der Waals surface area contributed by atoms with Crippen molar-refractivity contribution in [2.45, 2.75) is 63.5 Å². The van der Waals surface area contributed by atoms with Gasteiger partial charge in [0.2, 0.25) is 5.95 Å². The topological polar surface area (TPSA) is 100 Å². The number of carbonyl (C=O) groups excluding carboxylic acids is 1. The average Bonchev–Trinajstić information content (AvgIpc) is 3.88. The minimum absolute atomic E-state index is 0.0665. The highest BCUT2D eigenvalue weighted by atomic mass is 35.5. The summed E-state index contributed by atoms with van der Waals surface area (Å²) in [6.07, 6.45) is 10.7. The quantitative estimate of drug-likeness (QED) is 0.218. The van der Waals surface area contributed by atoms with Crippen LogP contribution in [0, 0.1) is 5.92 Å². The van der Waals surface area contributed by atoms with Crippen LogP contribution in [0.3, 0.4) is 0 Å². The Balaban J connectivity index is 0.921. The number of anilines is 2. The van der Waals surface area contributed by atoms with Crippen molar-refractivity contribution < 1.29 is 9.53 Å². The molecule has 49 heavy (non-hydrogen) atoms. The van der Waals surface area contributed by atoms with Crippen molar-refractivity contribution in [3.8, 4) is 28.3 Å². The smallest absolute Gasteiger partial charge is 0.251 e. The van der Waals surface area contributed by atoms with Gasteiger partial charge in [0.1, 0.15) is 5.75 Å². The zero-order chi connectivity index (χ0) is 33.5. The van der Waals surface area contributed by atoms with E-state index in [2.05, 4.69) is 25.4 Å². The molecule has 4 aromatic rings. The fraction of sp³-hybridized carbons (Fsp3) is 0.474.